The molecule has 1 amide bonds. The van der Waals surface area contributed by atoms with Crippen LogP contribution in [-0.4, -0.2) is 35.1 Å². The summed E-state index contributed by atoms with van der Waals surface area (Å²) >= 11 is 0. The van der Waals surface area contributed by atoms with E-state index in [0.717, 1.165) is 19.3 Å². The van der Waals surface area contributed by atoms with E-state index in [1.54, 1.807) is 17.0 Å². The summed E-state index contributed by atoms with van der Waals surface area (Å²) in [7, 11) is 0. The van der Waals surface area contributed by atoms with Crippen LogP contribution in [0.4, 0.5) is 4.39 Å². The first kappa shape index (κ1) is 14.0. The first-order valence-corrected chi connectivity index (χ1v) is 6.85. The van der Waals surface area contributed by atoms with Crippen LogP contribution in [0.3, 0.4) is 0 Å². The second-order valence-corrected chi connectivity index (χ2v) is 5.09. The molecular weight excluding hydrogens is 245 g/mol. The van der Waals surface area contributed by atoms with Crippen molar-refractivity contribution >= 4 is 5.91 Å². The van der Waals surface area contributed by atoms with Crippen molar-refractivity contribution in [1.29, 1.82) is 0 Å². The predicted molar refractivity (Wildman–Crippen MR) is 71.3 cm³/mol. The van der Waals surface area contributed by atoms with Crippen molar-refractivity contribution in [2.75, 3.05) is 13.1 Å². The monoisotopic (exact) mass is 265 g/mol. The van der Waals surface area contributed by atoms with Crippen LogP contribution in [0.5, 0.6) is 0 Å². The van der Waals surface area contributed by atoms with Gasteiger partial charge in [-0.25, -0.2) is 4.39 Å². The van der Waals surface area contributed by atoms with Crippen molar-refractivity contribution in [3.05, 3.63) is 35.6 Å². The number of benzene rings is 1. The van der Waals surface area contributed by atoms with Crippen molar-refractivity contribution < 1.29 is 14.3 Å². The first-order valence-electron chi connectivity index (χ1n) is 6.85. The van der Waals surface area contributed by atoms with Crippen LogP contribution in [0.15, 0.2) is 24.3 Å². The number of aliphatic hydroxyl groups excluding tert-OH is 1. The number of hydrogen-bond donors (Lipinski definition) is 1. The number of nitrogens with zero attached hydrogens (tertiary/aromatic N) is 1. The number of carbonyl (C=O) groups is 1. The van der Waals surface area contributed by atoms with Crippen molar-refractivity contribution in [3.8, 4) is 0 Å². The highest BCUT2D eigenvalue weighted by Crippen LogP contribution is 2.23. The van der Waals surface area contributed by atoms with Gasteiger partial charge in [0, 0.05) is 13.1 Å². The average molecular weight is 265 g/mol. The SMILES string of the molecule is CCC(O)C1CCN(C(=O)c2ccccc2F)CC1. The Kier molecular flexibility index (Phi) is 4.53. The van der Waals surface area contributed by atoms with Gasteiger partial charge in [-0.05, 0) is 37.3 Å². The number of piperidine rings is 1. The van der Waals surface area contributed by atoms with E-state index in [2.05, 4.69) is 0 Å². The Bertz CT molecular complexity index is 442. The highest BCUT2D eigenvalue weighted by atomic mass is 19.1. The zero-order valence-electron chi connectivity index (χ0n) is 11.2. The first-order chi connectivity index (χ1) is 9.13. The van der Waals surface area contributed by atoms with E-state index in [1.807, 2.05) is 6.92 Å². The molecule has 1 N–H and O–H groups in total. The summed E-state index contributed by atoms with van der Waals surface area (Å²) < 4.78 is 13.6. The van der Waals surface area contributed by atoms with Crippen LogP contribution < -0.4 is 0 Å². The molecule has 1 aliphatic rings. The molecule has 0 bridgehead atoms. The normalized spacial score (nSPS) is 18.4. The molecule has 0 spiro atoms. The quantitative estimate of drug-likeness (QED) is 0.912. The Morgan fingerprint density at radius 3 is 2.63 bits per heavy atom. The van der Waals surface area contributed by atoms with E-state index in [4.69, 9.17) is 0 Å². The Morgan fingerprint density at radius 1 is 1.42 bits per heavy atom. The van der Waals surface area contributed by atoms with Crippen molar-refractivity contribution in [1.82, 2.24) is 4.90 Å². The second-order valence-electron chi connectivity index (χ2n) is 5.09. The molecule has 1 saturated heterocycles. The third kappa shape index (κ3) is 3.13. The van der Waals surface area contributed by atoms with Gasteiger partial charge in [0.1, 0.15) is 5.82 Å². The zero-order chi connectivity index (χ0) is 13.8. The van der Waals surface area contributed by atoms with Gasteiger partial charge < -0.3 is 10.0 Å². The standard InChI is InChI=1S/C15H20FNO2/c1-2-14(18)11-7-9-17(10-8-11)15(19)12-5-3-4-6-13(12)16/h3-6,11,14,18H,2,7-10H2,1H3. The molecule has 1 aromatic carbocycles. The van der Waals surface area contributed by atoms with Gasteiger partial charge in [-0.15, -0.1) is 0 Å². The predicted octanol–water partition coefficient (Wildman–Crippen LogP) is 2.45. The zero-order valence-corrected chi connectivity index (χ0v) is 11.2. The lowest BCUT2D eigenvalue weighted by atomic mass is 9.90. The summed E-state index contributed by atoms with van der Waals surface area (Å²) in [6, 6.07) is 6.07. The topological polar surface area (TPSA) is 40.5 Å². The fraction of sp³-hybridized carbons (Fsp3) is 0.533. The Labute approximate surface area is 113 Å². The summed E-state index contributed by atoms with van der Waals surface area (Å²) in [5, 5.41) is 9.81. The van der Waals surface area contributed by atoms with Gasteiger partial charge in [-0.3, -0.25) is 4.79 Å². The third-order valence-corrected chi connectivity index (χ3v) is 3.89. The Hall–Kier alpha value is -1.42. The summed E-state index contributed by atoms with van der Waals surface area (Å²) in [5.74, 6) is -0.458. The molecule has 1 aliphatic heterocycles. The van der Waals surface area contributed by atoms with Gasteiger partial charge in [0.25, 0.3) is 5.91 Å². The molecule has 19 heavy (non-hydrogen) atoms. The minimum absolute atomic E-state index is 0.136. The molecule has 104 valence electrons. The number of carbonyl (C=O) groups excluding carboxylic acids is 1. The fourth-order valence-corrected chi connectivity index (χ4v) is 2.63. The Balaban J connectivity index is 1.98. The average Bonchev–Trinajstić information content (AvgIpc) is 2.46. The molecule has 0 saturated carbocycles. The van der Waals surface area contributed by atoms with Gasteiger partial charge >= 0.3 is 0 Å². The minimum Gasteiger partial charge on any atom is -0.393 e. The van der Waals surface area contributed by atoms with Crippen LogP contribution in [-0.2, 0) is 0 Å². The Morgan fingerprint density at radius 2 is 2.05 bits per heavy atom. The maximum Gasteiger partial charge on any atom is 0.256 e. The van der Waals surface area contributed by atoms with Crippen LogP contribution in [0.1, 0.15) is 36.5 Å². The summed E-state index contributed by atoms with van der Waals surface area (Å²) in [5.41, 5.74) is 0.136. The molecule has 0 aliphatic carbocycles. The number of halogens is 1. The van der Waals surface area contributed by atoms with Crippen molar-refractivity contribution in [3.63, 3.8) is 0 Å². The number of hydrogen-bond acceptors (Lipinski definition) is 2. The third-order valence-electron chi connectivity index (χ3n) is 3.89. The van der Waals surface area contributed by atoms with E-state index in [-0.39, 0.29) is 23.5 Å². The largest absolute Gasteiger partial charge is 0.393 e. The van der Waals surface area contributed by atoms with E-state index in [0.29, 0.717) is 13.1 Å². The highest BCUT2D eigenvalue weighted by Gasteiger charge is 2.27. The molecule has 0 aromatic heterocycles. The minimum atomic E-state index is -0.469. The molecule has 1 fully saturated rings. The molecule has 0 radical (unpaired) electrons. The summed E-state index contributed by atoms with van der Waals surface area (Å²) in [4.78, 5) is 13.9. The molecule has 4 heteroatoms. The molecule has 1 atom stereocenters. The van der Waals surface area contributed by atoms with E-state index in [9.17, 15) is 14.3 Å². The molecule has 1 heterocycles. The lowest BCUT2D eigenvalue weighted by Crippen LogP contribution is -2.41. The molecule has 2 rings (SSSR count). The highest BCUT2D eigenvalue weighted by molar-refractivity contribution is 5.94. The van der Waals surface area contributed by atoms with Crippen molar-refractivity contribution in [2.45, 2.75) is 32.3 Å². The van der Waals surface area contributed by atoms with Crippen LogP contribution in [0.2, 0.25) is 0 Å². The van der Waals surface area contributed by atoms with Crippen molar-refractivity contribution in [2.24, 2.45) is 5.92 Å². The van der Waals surface area contributed by atoms with Gasteiger partial charge in [-0.2, -0.15) is 0 Å². The van der Waals surface area contributed by atoms with Gasteiger partial charge in [0.05, 0.1) is 11.7 Å². The number of amides is 1. The number of aliphatic hydroxyl groups is 1. The summed E-state index contributed by atoms with van der Waals surface area (Å²) in [6.45, 7) is 3.14. The van der Waals surface area contributed by atoms with Gasteiger partial charge in [0.15, 0.2) is 0 Å². The van der Waals surface area contributed by atoms with Crippen LogP contribution in [0.25, 0.3) is 0 Å². The van der Waals surface area contributed by atoms with Crippen LogP contribution >= 0.6 is 0 Å². The van der Waals surface area contributed by atoms with E-state index in [1.165, 1.54) is 12.1 Å². The van der Waals surface area contributed by atoms with E-state index < -0.39 is 5.82 Å². The van der Waals surface area contributed by atoms with Gasteiger partial charge in [-0.1, -0.05) is 19.1 Å². The van der Waals surface area contributed by atoms with Crippen LogP contribution in [0, 0.1) is 11.7 Å². The van der Waals surface area contributed by atoms with E-state index >= 15 is 0 Å². The lowest BCUT2D eigenvalue weighted by Gasteiger charge is -2.34. The maximum absolute atomic E-state index is 13.6. The smallest absolute Gasteiger partial charge is 0.256 e. The van der Waals surface area contributed by atoms with Gasteiger partial charge in [0.2, 0.25) is 0 Å². The fourth-order valence-electron chi connectivity index (χ4n) is 2.63. The molecule has 1 aromatic rings. The number of likely N-dealkylation sites (tertiary alicyclic amines) is 1. The summed E-state index contributed by atoms with van der Waals surface area (Å²) in [6.07, 6.45) is 2.03. The molecule has 1 unspecified atom stereocenters. The number of rotatable bonds is 3. The lowest BCUT2D eigenvalue weighted by molar-refractivity contribution is 0.0451. The molecular formula is C15H20FNO2. The second kappa shape index (κ2) is 6.15. The maximum atomic E-state index is 13.6. The molecule has 3 nitrogen and oxygen atoms in total.